The third-order valence-corrected chi connectivity index (χ3v) is 4.65. The van der Waals surface area contributed by atoms with E-state index in [0.29, 0.717) is 6.04 Å². The first-order valence-electron chi connectivity index (χ1n) is 7.70. The predicted molar refractivity (Wildman–Crippen MR) is 79.4 cm³/mol. The molecule has 0 radical (unpaired) electrons. The molecular weight excluding hydrogens is 272 g/mol. The predicted octanol–water partition coefficient (Wildman–Crippen LogP) is 4.05. The van der Waals surface area contributed by atoms with Gasteiger partial charge in [0.15, 0.2) is 5.78 Å². The smallest absolute Gasteiger partial charge is 0.182 e. The monoisotopic (exact) mass is 295 g/mol. The van der Waals surface area contributed by atoms with Crippen LogP contribution in [-0.2, 0) is 0 Å². The molecule has 0 amide bonds. The Kier molecular flexibility index (Phi) is 5.45. The Morgan fingerprint density at radius 2 is 1.76 bits per heavy atom. The molecule has 0 heterocycles. The van der Waals surface area contributed by atoms with Crippen molar-refractivity contribution in [1.29, 1.82) is 0 Å². The van der Waals surface area contributed by atoms with Crippen LogP contribution >= 0.6 is 0 Å². The van der Waals surface area contributed by atoms with Crippen LogP contribution < -0.4 is 0 Å². The van der Waals surface area contributed by atoms with Gasteiger partial charge in [0.05, 0.1) is 12.1 Å². The molecule has 1 fully saturated rings. The minimum absolute atomic E-state index is 0.0688. The second kappa shape index (κ2) is 7.12. The molecule has 0 aromatic heterocycles. The number of halogens is 2. The van der Waals surface area contributed by atoms with E-state index in [9.17, 15) is 13.6 Å². The van der Waals surface area contributed by atoms with Crippen LogP contribution in [0.5, 0.6) is 0 Å². The lowest BCUT2D eigenvalue weighted by Crippen LogP contribution is -2.38. The number of benzene rings is 1. The zero-order chi connectivity index (χ0) is 15.4. The number of rotatable bonds is 5. The van der Waals surface area contributed by atoms with E-state index in [1.807, 2.05) is 11.9 Å². The molecule has 21 heavy (non-hydrogen) atoms. The van der Waals surface area contributed by atoms with Crippen molar-refractivity contribution in [2.75, 3.05) is 13.6 Å². The van der Waals surface area contributed by atoms with E-state index in [1.54, 1.807) is 0 Å². The molecule has 2 nitrogen and oxygen atoms in total. The van der Waals surface area contributed by atoms with E-state index in [1.165, 1.54) is 25.3 Å². The second-order valence-corrected chi connectivity index (χ2v) is 6.02. The second-order valence-electron chi connectivity index (χ2n) is 6.02. The number of likely N-dealkylation sites (N-methyl/N-ethyl adjacent to an activating group) is 1. The number of carbonyl (C=O) groups excluding carboxylic acids is 1. The molecule has 0 atom stereocenters. The van der Waals surface area contributed by atoms with E-state index in [4.69, 9.17) is 0 Å². The minimum Gasteiger partial charge on any atom is -0.296 e. The molecule has 0 spiro atoms. The van der Waals surface area contributed by atoms with Crippen molar-refractivity contribution in [1.82, 2.24) is 4.90 Å². The van der Waals surface area contributed by atoms with Gasteiger partial charge in [-0.15, -0.1) is 0 Å². The van der Waals surface area contributed by atoms with Gasteiger partial charge in [0, 0.05) is 6.04 Å². The molecule has 1 aliphatic rings. The fourth-order valence-electron chi connectivity index (χ4n) is 3.19. The molecule has 2 rings (SSSR count). The van der Waals surface area contributed by atoms with E-state index < -0.39 is 23.0 Å². The average Bonchev–Trinajstić information content (AvgIpc) is 2.47. The van der Waals surface area contributed by atoms with Crippen LogP contribution in [0.1, 0.15) is 49.4 Å². The Morgan fingerprint density at radius 3 is 2.29 bits per heavy atom. The zero-order valence-corrected chi connectivity index (χ0v) is 12.7. The number of carbonyl (C=O) groups is 1. The van der Waals surface area contributed by atoms with Crippen LogP contribution in [0, 0.1) is 17.6 Å². The zero-order valence-electron chi connectivity index (χ0n) is 12.7. The summed E-state index contributed by atoms with van der Waals surface area (Å²) in [5.74, 6) is -1.24. The van der Waals surface area contributed by atoms with Gasteiger partial charge < -0.3 is 0 Å². The number of hydrogen-bond acceptors (Lipinski definition) is 2. The van der Waals surface area contributed by atoms with Gasteiger partial charge in [0.2, 0.25) is 0 Å². The molecule has 1 aromatic rings. The molecule has 0 N–H and O–H groups in total. The van der Waals surface area contributed by atoms with Crippen molar-refractivity contribution in [2.24, 2.45) is 5.92 Å². The molecule has 4 heteroatoms. The van der Waals surface area contributed by atoms with Gasteiger partial charge in [-0.1, -0.05) is 19.4 Å². The number of Topliss-reactive ketones (excluding diaryl/α,β-unsaturated/α-hetero) is 1. The van der Waals surface area contributed by atoms with Crippen molar-refractivity contribution in [3.05, 3.63) is 35.4 Å². The molecule has 1 aromatic carbocycles. The summed E-state index contributed by atoms with van der Waals surface area (Å²) in [6.45, 7) is 2.28. The number of hydrogen-bond donors (Lipinski definition) is 0. The van der Waals surface area contributed by atoms with Crippen LogP contribution in [-0.4, -0.2) is 30.3 Å². The highest BCUT2D eigenvalue weighted by molar-refractivity contribution is 5.98. The van der Waals surface area contributed by atoms with Gasteiger partial charge in [-0.05, 0) is 50.8 Å². The van der Waals surface area contributed by atoms with E-state index >= 15 is 0 Å². The summed E-state index contributed by atoms with van der Waals surface area (Å²) in [5, 5.41) is 0. The highest BCUT2D eigenvalue weighted by atomic mass is 19.1. The molecule has 1 saturated carbocycles. The first-order valence-corrected chi connectivity index (χ1v) is 7.70. The van der Waals surface area contributed by atoms with Crippen LogP contribution in [0.3, 0.4) is 0 Å². The Hall–Kier alpha value is -1.29. The van der Waals surface area contributed by atoms with Gasteiger partial charge in [-0.25, -0.2) is 8.78 Å². The Balaban J connectivity index is 1.97. The van der Waals surface area contributed by atoms with Gasteiger partial charge in [0.1, 0.15) is 11.6 Å². The largest absolute Gasteiger partial charge is 0.296 e. The third kappa shape index (κ3) is 3.88. The fraction of sp³-hybridized carbons (Fsp3) is 0.588. The standard InChI is InChI=1S/C17H23F2NO/c1-3-12-7-9-13(10-8-12)20(2)11-16(21)17-14(18)5-4-6-15(17)19/h4-6,12-13H,3,7-11H2,1-2H3. The first-order chi connectivity index (χ1) is 10.0. The van der Waals surface area contributed by atoms with Crippen molar-refractivity contribution in [3.8, 4) is 0 Å². The Morgan fingerprint density at radius 1 is 1.19 bits per heavy atom. The molecule has 0 saturated heterocycles. The van der Waals surface area contributed by atoms with Crippen LogP contribution in [0.15, 0.2) is 18.2 Å². The van der Waals surface area contributed by atoms with Crippen LogP contribution in [0.4, 0.5) is 8.78 Å². The van der Waals surface area contributed by atoms with Crippen molar-refractivity contribution in [2.45, 2.75) is 45.1 Å². The lowest BCUT2D eigenvalue weighted by molar-refractivity contribution is 0.0876. The molecule has 1 aliphatic carbocycles. The summed E-state index contributed by atoms with van der Waals surface area (Å²) >= 11 is 0. The maximum absolute atomic E-state index is 13.6. The summed E-state index contributed by atoms with van der Waals surface area (Å²) in [6.07, 6.45) is 5.67. The third-order valence-electron chi connectivity index (χ3n) is 4.65. The Labute approximate surface area is 125 Å². The molecular formula is C17H23F2NO. The topological polar surface area (TPSA) is 20.3 Å². The lowest BCUT2D eigenvalue weighted by atomic mass is 9.84. The molecule has 0 bridgehead atoms. The normalized spacial score (nSPS) is 22.5. The van der Waals surface area contributed by atoms with Gasteiger partial charge >= 0.3 is 0 Å². The molecule has 116 valence electrons. The van der Waals surface area contributed by atoms with E-state index in [2.05, 4.69) is 6.92 Å². The SMILES string of the molecule is CCC1CCC(N(C)CC(=O)c2c(F)cccc2F)CC1. The maximum Gasteiger partial charge on any atom is 0.182 e. The maximum atomic E-state index is 13.6. The highest BCUT2D eigenvalue weighted by Gasteiger charge is 2.26. The summed E-state index contributed by atoms with van der Waals surface area (Å²) < 4.78 is 27.2. The van der Waals surface area contributed by atoms with E-state index in [-0.39, 0.29) is 6.54 Å². The molecule has 0 aliphatic heterocycles. The van der Waals surface area contributed by atoms with E-state index in [0.717, 1.165) is 30.9 Å². The van der Waals surface area contributed by atoms with Crippen molar-refractivity contribution in [3.63, 3.8) is 0 Å². The van der Waals surface area contributed by atoms with Gasteiger partial charge in [-0.3, -0.25) is 9.69 Å². The minimum atomic E-state index is -0.775. The summed E-state index contributed by atoms with van der Waals surface area (Å²) in [7, 11) is 1.87. The Bertz CT molecular complexity index is 475. The van der Waals surface area contributed by atoms with Gasteiger partial charge in [0.25, 0.3) is 0 Å². The summed E-state index contributed by atoms with van der Waals surface area (Å²) in [4.78, 5) is 14.1. The van der Waals surface area contributed by atoms with Crippen LogP contribution in [0.25, 0.3) is 0 Å². The average molecular weight is 295 g/mol. The van der Waals surface area contributed by atoms with Crippen molar-refractivity contribution >= 4 is 5.78 Å². The fourth-order valence-corrected chi connectivity index (χ4v) is 3.19. The summed E-state index contributed by atoms with van der Waals surface area (Å²) in [5.41, 5.74) is -0.411. The van der Waals surface area contributed by atoms with Crippen LogP contribution in [0.2, 0.25) is 0 Å². The lowest BCUT2D eigenvalue weighted by Gasteiger charge is -2.34. The number of ketones is 1. The summed E-state index contributed by atoms with van der Waals surface area (Å²) in [6, 6.07) is 3.87. The highest BCUT2D eigenvalue weighted by Crippen LogP contribution is 2.29. The number of nitrogens with zero attached hydrogens (tertiary/aromatic N) is 1. The first kappa shape index (κ1) is 16.1. The van der Waals surface area contributed by atoms with Crippen molar-refractivity contribution < 1.29 is 13.6 Å². The van der Waals surface area contributed by atoms with Gasteiger partial charge in [-0.2, -0.15) is 0 Å². The molecule has 0 unspecified atom stereocenters. The quantitative estimate of drug-likeness (QED) is 0.764.